The molecule has 0 aromatic heterocycles. The van der Waals surface area contributed by atoms with Crippen molar-refractivity contribution >= 4 is 28.9 Å². The number of esters is 1. The number of nitro benzene ring substituents is 1. The van der Waals surface area contributed by atoms with Gasteiger partial charge in [0, 0.05) is 16.8 Å². The van der Waals surface area contributed by atoms with E-state index in [1.165, 1.54) is 18.2 Å². The number of halogens is 1. The fourth-order valence-electron chi connectivity index (χ4n) is 2.19. The molecule has 0 spiro atoms. The SMILES string of the molecule is COC(=O)c1cc(NC(CO)c2ccc(Cl)cc2)ccc1[N+](=O)[O-]. The zero-order valence-electron chi connectivity index (χ0n) is 12.7. The van der Waals surface area contributed by atoms with Crippen molar-refractivity contribution in [1.29, 1.82) is 0 Å². The molecule has 2 rings (SSSR count). The number of aliphatic hydroxyl groups is 1. The monoisotopic (exact) mass is 350 g/mol. The van der Waals surface area contributed by atoms with Gasteiger partial charge in [-0.15, -0.1) is 0 Å². The average molecular weight is 351 g/mol. The highest BCUT2D eigenvalue weighted by Gasteiger charge is 2.22. The highest BCUT2D eigenvalue weighted by Crippen LogP contribution is 2.26. The van der Waals surface area contributed by atoms with Gasteiger partial charge >= 0.3 is 5.97 Å². The number of nitrogens with one attached hydrogen (secondary N) is 1. The molecule has 0 heterocycles. The topological polar surface area (TPSA) is 102 Å². The summed E-state index contributed by atoms with van der Waals surface area (Å²) in [7, 11) is 1.15. The smallest absolute Gasteiger partial charge is 0.344 e. The molecule has 0 bridgehead atoms. The predicted octanol–water partition coefficient (Wildman–Crippen LogP) is 3.18. The summed E-state index contributed by atoms with van der Waals surface area (Å²) in [5, 5.41) is 24.2. The molecule has 7 nitrogen and oxygen atoms in total. The van der Waals surface area contributed by atoms with Crippen LogP contribution < -0.4 is 5.32 Å². The molecule has 126 valence electrons. The van der Waals surface area contributed by atoms with Gasteiger partial charge in [0.2, 0.25) is 0 Å². The predicted molar refractivity (Wildman–Crippen MR) is 89.3 cm³/mol. The zero-order chi connectivity index (χ0) is 17.7. The molecule has 1 unspecified atom stereocenters. The second-order valence-electron chi connectivity index (χ2n) is 4.91. The molecular formula is C16H15ClN2O5. The number of nitro groups is 1. The minimum Gasteiger partial charge on any atom is -0.465 e. The third kappa shape index (κ3) is 4.01. The van der Waals surface area contributed by atoms with Gasteiger partial charge in [0.1, 0.15) is 5.56 Å². The Kier molecular flexibility index (Phi) is 5.73. The number of benzene rings is 2. The summed E-state index contributed by atoms with van der Waals surface area (Å²) in [5.41, 5.74) is 0.703. The van der Waals surface area contributed by atoms with Crippen molar-refractivity contribution in [2.45, 2.75) is 6.04 Å². The molecule has 0 radical (unpaired) electrons. The lowest BCUT2D eigenvalue weighted by Crippen LogP contribution is -2.15. The molecule has 0 aliphatic carbocycles. The summed E-state index contributed by atoms with van der Waals surface area (Å²) >= 11 is 5.84. The van der Waals surface area contributed by atoms with E-state index in [4.69, 9.17) is 11.6 Å². The van der Waals surface area contributed by atoms with Crippen molar-refractivity contribution in [1.82, 2.24) is 0 Å². The molecule has 0 aliphatic rings. The largest absolute Gasteiger partial charge is 0.465 e. The summed E-state index contributed by atoms with van der Waals surface area (Å²) in [6.07, 6.45) is 0. The lowest BCUT2D eigenvalue weighted by Gasteiger charge is -2.18. The van der Waals surface area contributed by atoms with Crippen molar-refractivity contribution in [3.8, 4) is 0 Å². The van der Waals surface area contributed by atoms with Crippen LogP contribution in [0.2, 0.25) is 5.02 Å². The minimum absolute atomic E-state index is 0.166. The number of anilines is 1. The van der Waals surface area contributed by atoms with Gasteiger partial charge in [-0.2, -0.15) is 0 Å². The molecule has 2 aromatic carbocycles. The quantitative estimate of drug-likeness (QED) is 0.471. The third-order valence-corrected chi connectivity index (χ3v) is 3.65. The van der Waals surface area contributed by atoms with E-state index in [-0.39, 0.29) is 17.9 Å². The van der Waals surface area contributed by atoms with Crippen LogP contribution in [0.3, 0.4) is 0 Å². The molecule has 2 aromatic rings. The number of aliphatic hydroxyl groups excluding tert-OH is 1. The number of rotatable bonds is 6. The van der Waals surface area contributed by atoms with Gasteiger partial charge in [0.15, 0.2) is 0 Å². The molecule has 2 N–H and O–H groups in total. The lowest BCUT2D eigenvalue weighted by atomic mass is 10.1. The van der Waals surface area contributed by atoms with E-state index in [9.17, 15) is 20.0 Å². The number of ether oxygens (including phenoxy) is 1. The molecule has 0 saturated carbocycles. The van der Waals surface area contributed by atoms with Gasteiger partial charge in [-0.05, 0) is 29.8 Å². The first-order valence-corrected chi connectivity index (χ1v) is 7.33. The first-order valence-electron chi connectivity index (χ1n) is 6.96. The highest BCUT2D eigenvalue weighted by molar-refractivity contribution is 6.30. The summed E-state index contributed by atoms with van der Waals surface area (Å²) in [6.45, 7) is -0.216. The van der Waals surface area contributed by atoms with Crippen LogP contribution in [0.5, 0.6) is 0 Å². The van der Waals surface area contributed by atoms with Crippen molar-refractivity contribution in [3.05, 3.63) is 68.7 Å². The lowest BCUT2D eigenvalue weighted by molar-refractivity contribution is -0.385. The number of nitrogens with zero attached hydrogens (tertiary/aromatic N) is 1. The summed E-state index contributed by atoms with van der Waals surface area (Å²) in [6, 6.07) is 10.4. The third-order valence-electron chi connectivity index (χ3n) is 3.39. The van der Waals surface area contributed by atoms with Crippen molar-refractivity contribution in [3.63, 3.8) is 0 Å². The minimum atomic E-state index is -0.808. The van der Waals surface area contributed by atoms with Gasteiger partial charge in [0.25, 0.3) is 5.69 Å². The average Bonchev–Trinajstić information content (AvgIpc) is 2.59. The molecule has 0 fully saturated rings. The van der Waals surface area contributed by atoms with E-state index in [0.29, 0.717) is 10.7 Å². The van der Waals surface area contributed by atoms with Gasteiger partial charge in [-0.25, -0.2) is 4.79 Å². The van der Waals surface area contributed by atoms with Crippen LogP contribution in [0.1, 0.15) is 22.0 Å². The molecular weight excluding hydrogens is 336 g/mol. The Morgan fingerprint density at radius 1 is 1.33 bits per heavy atom. The van der Waals surface area contributed by atoms with Crippen LogP contribution >= 0.6 is 11.6 Å². The first kappa shape index (κ1) is 17.7. The fraction of sp³-hybridized carbons (Fsp3) is 0.188. The maximum atomic E-state index is 11.7. The Balaban J connectivity index is 2.32. The van der Waals surface area contributed by atoms with Gasteiger partial charge in [-0.1, -0.05) is 23.7 Å². The van der Waals surface area contributed by atoms with E-state index in [1.54, 1.807) is 24.3 Å². The Morgan fingerprint density at radius 3 is 2.54 bits per heavy atom. The van der Waals surface area contributed by atoms with Crippen LogP contribution in [0.25, 0.3) is 0 Å². The Hall–Kier alpha value is -2.64. The van der Waals surface area contributed by atoms with E-state index in [2.05, 4.69) is 10.1 Å². The maximum Gasteiger partial charge on any atom is 0.344 e. The van der Waals surface area contributed by atoms with Crippen molar-refractivity contribution in [2.24, 2.45) is 0 Å². The number of hydrogen-bond donors (Lipinski definition) is 2. The molecule has 0 saturated heterocycles. The van der Waals surface area contributed by atoms with Crippen molar-refractivity contribution in [2.75, 3.05) is 19.0 Å². The van der Waals surface area contributed by atoms with Crippen LogP contribution in [-0.4, -0.2) is 29.7 Å². The van der Waals surface area contributed by atoms with Crippen LogP contribution in [0.15, 0.2) is 42.5 Å². The molecule has 1 atom stereocenters. The van der Waals surface area contributed by atoms with E-state index >= 15 is 0 Å². The van der Waals surface area contributed by atoms with Gasteiger partial charge in [-0.3, -0.25) is 10.1 Å². The van der Waals surface area contributed by atoms with Crippen LogP contribution in [0.4, 0.5) is 11.4 Å². The standard InChI is InChI=1S/C16H15ClN2O5/c1-24-16(21)13-8-12(6-7-15(13)19(22)23)18-14(9-20)10-2-4-11(17)5-3-10/h2-8,14,18,20H,9H2,1H3. The van der Waals surface area contributed by atoms with Crippen LogP contribution in [0, 0.1) is 10.1 Å². The van der Waals surface area contributed by atoms with Gasteiger partial charge < -0.3 is 15.2 Å². The van der Waals surface area contributed by atoms with Gasteiger partial charge in [0.05, 0.1) is 24.7 Å². The molecule has 0 amide bonds. The Labute approximate surface area is 143 Å². The van der Waals surface area contributed by atoms with E-state index in [1.807, 2.05) is 0 Å². The number of carbonyl (C=O) groups excluding carboxylic acids is 1. The Bertz CT molecular complexity index is 749. The van der Waals surface area contributed by atoms with E-state index in [0.717, 1.165) is 12.7 Å². The van der Waals surface area contributed by atoms with Crippen molar-refractivity contribution < 1.29 is 19.6 Å². The normalized spacial score (nSPS) is 11.6. The first-order chi connectivity index (χ1) is 11.5. The number of hydrogen-bond acceptors (Lipinski definition) is 6. The Morgan fingerprint density at radius 2 is 2.00 bits per heavy atom. The summed E-state index contributed by atoms with van der Waals surface area (Å²) < 4.78 is 4.58. The van der Waals surface area contributed by atoms with E-state index < -0.39 is 16.9 Å². The highest BCUT2D eigenvalue weighted by atomic mass is 35.5. The van der Waals surface area contributed by atoms with Crippen LogP contribution in [-0.2, 0) is 4.74 Å². The second kappa shape index (κ2) is 7.76. The molecule has 0 aliphatic heterocycles. The summed E-state index contributed by atoms with van der Waals surface area (Å²) in [4.78, 5) is 22.1. The summed E-state index contributed by atoms with van der Waals surface area (Å²) in [5.74, 6) is -0.808. The molecule has 8 heteroatoms. The number of methoxy groups -OCH3 is 1. The fourth-order valence-corrected chi connectivity index (χ4v) is 2.32. The second-order valence-corrected chi connectivity index (χ2v) is 5.35. The number of carbonyl (C=O) groups is 1. The zero-order valence-corrected chi connectivity index (χ0v) is 13.5. The maximum absolute atomic E-state index is 11.7. The molecule has 24 heavy (non-hydrogen) atoms.